The Labute approximate surface area is 182 Å². The van der Waals surface area contributed by atoms with Crippen LogP contribution in [0.3, 0.4) is 0 Å². The monoisotopic (exact) mass is 410 g/mol. The van der Waals surface area contributed by atoms with Gasteiger partial charge >= 0.3 is 5.97 Å². The van der Waals surface area contributed by atoms with Gasteiger partial charge < -0.3 is 15.5 Å². The van der Waals surface area contributed by atoms with Crippen LogP contribution in [-0.4, -0.2) is 21.8 Å². The molecule has 0 aliphatic rings. The molecule has 1 unspecified atom stereocenters. The smallest absolute Gasteiger partial charge is 0.352 e. The Morgan fingerprint density at radius 1 is 0.935 bits per heavy atom. The van der Waals surface area contributed by atoms with Gasteiger partial charge in [0.2, 0.25) is 0 Å². The van der Waals surface area contributed by atoms with Gasteiger partial charge in [0.05, 0.1) is 0 Å². The molecule has 0 radical (unpaired) electrons. The SMILES string of the molecule is CC(CC(=N)Cc1ccccc1)(Cc1ccccc1)c1ccc2[nH]c(C(=O)O)cc2c1. The van der Waals surface area contributed by atoms with E-state index in [4.69, 9.17) is 5.41 Å². The van der Waals surface area contributed by atoms with Gasteiger partial charge in [-0.3, -0.25) is 0 Å². The third-order valence-corrected chi connectivity index (χ3v) is 5.85. The van der Waals surface area contributed by atoms with Crippen molar-refractivity contribution in [3.63, 3.8) is 0 Å². The van der Waals surface area contributed by atoms with Crippen LogP contribution in [0.2, 0.25) is 0 Å². The fourth-order valence-corrected chi connectivity index (χ4v) is 4.31. The van der Waals surface area contributed by atoms with E-state index in [0.717, 1.165) is 28.5 Å². The summed E-state index contributed by atoms with van der Waals surface area (Å²) in [5.41, 5.74) is 4.86. The van der Waals surface area contributed by atoms with E-state index in [-0.39, 0.29) is 11.1 Å². The predicted octanol–water partition coefficient (Wildman–Crippen LogP) is 6.02. The van der Waals surface area contributed by atoms with Crippen LogP contribution in [-0.2, 0) is 18.3 Å². The van der Waals surface area contributed by atoms with Gasteiger partial charge in [0.15, 0.2) is 0 Å². The van der Waals surface area contributed by atoms with E-state index in [0.29, 0.717) is 18.6 Å². The number of nitrogens with one attached hydrogen (secondary N) is 2. The van der Waals surface area contributed by atoms with Crippen molar-refractivity contribution >= 4 is 22.6 Å². The number of aromatic carboxylic acids is 1. The van der Waals surface area contributed by atoms with Crippen molar-refractivity contribution in [3.8, 4) is 0 Å². The Bertz CT molecular complexity index is 1210. The predicted molar refractivity (Wildman–Crippen MR) is 125 cm³/mol. The van der Waals surface area contributed by atoms with Gasteiger partial charge in [-0.05, 0) is 47.7 Å². The maximum atomic E-state index is 11.4. The molecule has 1 aromatic heterocycles. The number of benzene rings is 3. The molecule has 3 N–H and O–H groups in total. The molecule has 0 amide bonds. The number of aromatic amines is 1. The maximum Gasteiger partial charge on any atom is 0.352 e. The van der Waals surface area contributed by atoms with Crippen LogP contribution in [0.5, 0.6) is 0 Å². The molecule has 156 valence electrons. The van der Waals surface area contributed by atoms with Crippen LogP contribution >= 0.6 is 0 Å². The van der Waals surface area contributed by atoms with E-state index in [2.05, 4.69) is 48.3 Å². The van der Waals surface area contributed by atoms with E-state index in [1.54, 1.807) is 6.07 Å². The Kier molecular flexibility index (Phi) is 5.72. The standard InChI is InChI=1S/C27H26N2O2/c1-27(17-20-10-6-3-7-11-20,18-23(28)14-19-8-4-2-5-9-19)22-12-13-24-21(15-22)16-25(29-24)26(30)31/h2-13,15-16,28-29H,14,17-18H2,1H3,(H,30,31). The van der Waals surface area contributed by atoms with E-state index in [1.165, 1.54) is 5.56 Å². The molecule has 0 spiro atoms. The third-order valence-electron chi connectivity index (χ3n) is 5.85. The fraction of sp³-hybridized carbons (Fsp3) is 0.185. The lowest BCUT2D eigenvalue weighted by atomic mass is 9.73. The van der Waals surface area contributed by atoms with Crippen LogP contribution in [0.1, 0.15) is 40.5 Å². The van der Waals surface area contributed by atoms with Crippen molar-refractivity contribution in [2.24, 2.45) is 0 Å². The molecule has 0 saturated heterocycles. The Morgan fingerprint density at radius 3 is 2.23 bits per heavy atom. The molecule has 1 atom stereocenters. The summed E-state index contributed by atoms with van der Waals surface area (Å²) < 4.78 is 0. The minimum Gasteiger partial charge on any atom is -0.477 e. The van der Waals surface area contributed by atoms with Gasteiger partial charge in [-0.15, -0.1) is 0 Å². The number of hydrogen-bond acceptors (Lipinski definition) is 2. The second kappa shape index (κ2) is 8.60. The summed E-state index contributed by atoms with van der Waals surface area (Å²) in [6.07, 6.45) is 2.05. The summed E-state index contributed by atoms with van der Waals surface area (Å²) in [6, 6.07) is 28.2. The molecular formula is C27H26N2O2. The zero-order valence-corrected chi connectivity index (χ0v) is 17.6. The number of carbonyl (C=O) groups is 1. The molecule has 0 bridgehead atoms. The van der Waals surface area contributed by atoms with Crippen LogP contribution < -0.4 is 0 Å². The molecule has 4 heteroatoms. The number of fused-ring (bicyclic) bond motifs is 1. The number of carboxylic acids is 1. The summed E-state index contributed by atoms with van der Waals surface area (Å²) in [5, 5.41) is 18.9. The zero-order valence-electron chi connectivity index (χ0n) is 17.6. The van der Waals surface area contributed by atoms with Crippen LogP contribution in [0, 0.1) is 5.41 Å². The number of carboxylic acid groups (broad SMARTS) is 1. The van der Waals surface area contributed by atoms with Gasteiger partial charge in [-0.1, -0.05) is 73.7 Å². The molecule has 0 saturated carbocycles. The lowest BCUT2D eigenvalue weighted by Crippen LogP contribution is -2.29. The highest BCUT2D eigenvalue weighted by molar-refractivity contribution is 5.94. The quantitative estimate of drug-likeness (QED) is 0.311. The van der Waals surface area contributed by atoms with Crippen LogP contribution in [0.4, 0.5) is 0 Å². The van der Waals surface area contributed by atoms with Crippen LogP contribution in [0.15, 0.2) is 84.9 Å². The summed E-state index contributed by atoms with van der Waals surface area (Å²) in [7, 11) is 0. The number of rotatable bonds is 8. The third kappa shape index (κ3) is 4.75. The molecule has 3 aromatic carbocycles. The van der Waals surface area contributed by atoms with Gasteiger partial charge in [0.1, 0.15) is 5.69 Å². The van der Waals surface area contributed by atoms with Gasteiger partial charge in [0, 0.05) is 28.5 Å². The summed E-state index contributed by atoms with van der Waals surface area (Å²) >= 11 is 0. The Morgan fingerprint density at radius 2 is 1.58 bits per heavy atom. The average Bonchev–Trinajstić information content (AvgIpc) is 3.19. The summed E-state index contributed by atoms with van der Waals surface area (Å²) in [5.74, 6) is -0.963. The highest BCUT2D eigenvalue weighted by Gasteiger charge is 2.29. The molecule has 0 fully saturated rings. The topological polar surface area (TPSA) is 76.9 Å². The number of hydrogen-bond donors (Lipinski definition) is 3. The first-order valence-electron chi connectivity index (χ1n) is 10.4. The van der Waals surface area contributed by atoms with E-state index >= 15 is 0 Å². The first-order valence-corrected chi connectivity index (χ1v) is 10.4. The molecular weight excluding hydrogens is 384 g/mol. The summed E-state index contributed by atoms with van der Waals surface area (Å²) in [4.78, 5) is 14.3. The number of H-pyrrole nitrogens is 1. The highest BCUT2D eigenvalue weighted by Crippen LogP contribution is 2.34. The van der Waals surface area contributed by atoms with Crippen molar-refractivity contribution in [3.05, 3.63) is 107 Å². The largest absolute Gasteiger partial charge is 0.477 e. The molecule has 4 nitrogen and oxygen atoms in total. The summed E-state index contributed by atoms with van der Waals surface area (Å²) in [6.45, 7) is 2.20. The maximum absolute atomic E-state index is 11.4. The molecule has 0 aliphatic carbocycles. The molecule has 4 rings (SSSR count). The minimum atomic E-state index is -0.963. The zero-order chi connectivity index (χ0) is 21.8. The molecule has 4 aromatic rings. The minimum absolute atomic E-state index is 0.189. The van der Waals surface area contributed by atoms with Gasteiger partial charge in [-0.25, -0.2) is 4.79 Å². The lowest BCUT2D eigenvalue weighted by Gasteiger charge is -2.31. The normalized spacial score (nSPS) is 13.1. The van der Waals surface area contributed by atoms with Crippen molar-refractivity contribution in [1.82, 2.24) is 4.98 Å². The van der Waals surface area contributed by atoms with E-state index in [9.17, 15) is 9.90 Å². The first kappa shape index (κ1) is 20.6. The Hall–Kier alpha value is -3.66. The first-order chi connectivity index (χ1) is 14.9. The van der Waals surface area contributed by atoms with Crippen molar-refractivity contribution in [2.75, 3.05) is 0 Å². The fourth-order valence-electron chi connectivity index (χ4n) is 4.31. The second-order valence-corrected chi connectivity index (χ2v) is 8.46. The van der Waals surface area contributed by atoms with Gasteiger partial charge in [0.25, 0.3) is 0 Å². The molecule has 31 heavy (non-hydrogen) atoms. The van der Waals surface area contributed by atoms with Crippen molar-refractivity contribution in [1.29, 1.82) is 5.41 Å². The lowest BCUT2D eigenvalue weighted by molar-refractivity contribution is 0.0691. The van der Waals surface area contributed by atoms with Gasteiger partial charge in [-0.2, -0.15) is 0 Å². The number of aromatic nitrogens is 1. The van der Waals surface area contributed by atoms with E-state index < -0.39 is 5.97 Å². The van der Waals surface area contributed by atoms with Crippen molar-refractivity contribution in [2.45, 2.75) is 31.6 Å². The van der Waals surface area contributed by atoms with E-state index in [1.807, 2.05) is 42.5 Å². The second-order valence-electron chi connectivity index (χ2n) is 8.46. The molecule has 1 heterocycles. The Balaban J connectivity index is 1.68. The van der Waals surface area contributed by atoms with Crippen molar-refractivity contribution < 1.29 is 9.90 Å². The van der Waals surface area contributed by atoms with Crippen LogP contribution in [0.25, 0.3) is 10.9 Å². The highest BCUT2D eigenvalue weighted by atomic mass is 16.4. The average molecular weight is 411 g/mol. The molecule has 0 aliphatic heterocycles.